The Bertz CT molecular complexity index is 231. The van der Waals surface area contributed by atoms with Crippen LogP contribution in [-0.2, 0) is 9.59 Å². The molecule has 0 atom stereocenters. The van der Waals surface area contributed by atoms with E-state index < -0.39 is 5.54 Å². The van der Waals surface area contributed by atoms with Crippen molar-refractivity contribution in [3.05, 3.63) is 0 Å². The molecule has 0 bridgehead atoms. The second-order valence-electron chi connectivity index (χ2n) is 3.86. The summed E-state index contributed by atoms with van der Waals surface area (Å²) in [5.41, 5.74) is 4.35. The molecule has 0 aliphatic heterocycles. The average Bonchev–Trinajstić information content (AvgIpc) is 2.11. The first-order valence-electron chi connectivity index (χ1n) is 4.65. The Balaban J connectivity index is 3.62. The van der Waals surface area contributed by atoms with E-state index in [1.165, 1.54) is 11.8 Å². The number of aliphatic hydroxyl groups excluding tert-OH is 1. The number of amides is 2. The molecule has 6 heteroatoms. The molecule has 0 rings (SSSR count). The zero-order valence-corrected chi connectivity index (χ0v) is 9.89. The van der Waals surface area contributed by atoms with E-state index in [-0.39, 0.29) is 24.2 Å². The lowest BCUT2D eigenvalue weighted by atomic mass is 10.1. The Hall–Kier alpha value is -0.750. The van der Waals surface area contributed by atoms with Crippen molar-refractivity contribution in [3.63, 3.8) is 0 Å². The van der Waals surface area contributed by atoms with E-state index in [1.54, 1.807) is 13.8 Å². The van der Waals surface area contributed by atoms with Crippen LogP contribution in [0.2, 0.25) is 0 Å². The highest BCUT2D eigenvalue weighted by atomic mass is 32.2. The van der Waals surface area contributed by atoms with Gasteiger partial charge in [0.25, 0.3) is 0 Å². The monoisotopic (exact) mass is 234 g/mol. The van der Waals surface area contributed by atoms with Crippen LogP contribution in [0.15, 0.2) is 0 Å². The molecule has 0 spiro atoms. The molecule has 0 unspecified atom stereocenters. The van der Waals surface area contributed by atoms with Crippen LogP contribution in [0.1, 0.15) is 20.3 Å². The minimum atomic E-state index is -0.592. The number of hydrogen-bond donors (Lipinski definition) is 3. The smallest absolute Gasteiger partial charge is 0.227 e. The van der Waals surface area contributed by atoms with Crippen molar-refractivity contribution in [1.82, 2.24) is 5.32 Å². The molecule has 2 amide bonds. The van der Waals surface area contributed by atoms with Crippen molar-refractivity contribution in [3.8, 4) is 0 Å². The van der Waals surface area contributed by atoms with E-state index >= 15 is 0 Å². The van der Waals surface area contributed by atoms with E-state index in [4.69, 9.17) is 10.8 Å². The fourth-order valence-corrected chi connectivity index (χ4v) is 1.49. The Kier molecular flexibility index (Phi) is 6.35. The van der Waals surface area contributed by atoms with Gasteiger partial charge < -0.3 is 16.2 Å². The highest BCUT2D eigenvalue weighted by Gasteiger charge is 2.18. The van der Waals surface area contributed by atoms with Crippen LogP contribution >= 0.6 is 11.8 Å². The Morgan fingerprint density at radius 1 is 1.47 bits per heavy atom. The van der Waals surface area contributed by atoms with Gasteiger partial charge in [0.1, 0.15) is 0 Å². The maximum atomic E-state index is 11.3. The van der Waals surface area contributed by atoms with E-state index in [2.05, 4.69) is 5.32 Å². The molecule has 0 aliphatic rings. The first kappa shape index (κ1) is 14.2. The fraction of sp³-hybridized carbons (Fsp3) is 0.778. The Morgan fingerprint density at radius 3 is 2.53 bits per heavy atom. The van der Waals surface area contributed by atoms with Gasteiger partial charge in [-0.2, -0.15) is 11.8 Å². The van der Waals surface area contributed by atoms with Gasteiger partial charge in [-0.05, 0) is 13.8 Å². The summed E-state index contributed by atoms with van der Waals surface area (Å²) in [6, 6.07) is 0. The SMILES string of the molecule is CC(C)(CO)NC(=O)CCSCC(N)=O. The Labute approximate surface area is 93.8 Å². The summed E-state index contributed by atoms with van der Waals surface area (Å²) >= 11 is 1.33. The first-order chi connectivity index (χ1) is 6.87. The standard InChI is InChI=1S/C9H18N2O3S/c1-9(2,6-12)11-8(14)3-4-15-5-7(10)13/h12H,3-6H2,1-2H3,(H2,10,13)(H,11,14). The summed E-state index contributed by atoms with van der Waals surface area (Å²) in [6.45, 7) is 3.37. The van der Waals surface area contributed by atoms with Crippen LogP contribution in [0, 0.1) is 0 Å². The second kappa shape index (κ2) is 6.68. The average molecular weight is 234 g/mol. The number of carbonyl (C=O) groups excluding carboxylic acids is 2. The van der Waals surface area contributed by atoms with Gasteiger partial charge >= 0.3 is 0 Å². The molecule has 0 fully saturated rings. The molecule has 5 nitrogen and oxygen atoms in total. The molecular formula is C9H18N2O3S. The molecule has 0 saturated heterocycles. The molecule has 88 valence electrons. The number of aliphatic hydroxyl groups is 1. The lowest BCUT2D eigenvalue weighted by Gasteiger charge is -2.23. The van der Waals surface area contributed by atoms with Gasteiger partial charge in [0.2, 0.25) is 11.8 Å². The van der Waals surface area contributed by atoms with Crippen LogP contribution < -0.4 is 11.1 Å². The number of nitrogens with one attached hydrogen (secondary N) is 1. The highest BCUT2D eigenvalue weighted by Crippen LogP contribution is 2.04. The molecule has 0 aromatic carbocycles. The van der Waals surface area contributed by atoms with Gasteiger partial charge in [-0.1, -0.05) is 0 Å². The minimum Gasteiger partial charge on any atom is -0.394 e. The maximum absolute atomic E-state index is 11.3. The van der Waals surface area contributed by atoms with Crippen molar-refractivity contribution < 1.29 is 14.7 Å². The van der Waals surface area contributed by atoms with Crippen LogP contribution in [0.3, 0.4) is 0 Å². The van der Waals surface area contributed by atoms with Gasteiger partial charge in [0, 0.05) is 12.2 Å². The zero-order chi connectivity index (χ0) is 11.9. The quantitative estimate of drug-likeness (QED) is 0.517. The van der Waals surface area contributed by atoms with Gasteiger partial charge in [0.15, 0.2) is 0 Å². The fourth-order valence-electron chi connectivity index (χ4n) is 0.817. The molecular weight excluding hydrogens is 216 g/mol. The van der Waals surface area contributed by atoms with Crippen LogP contribution in [0.4, 0.5) is 0 Å². The number of hydrogen-bond acceptors (Lipinski definition) is 4. The minimum absolute atomic E-state index is 0.104. The molecule has 0 saturated carbocycles. The number of carbonyl (C=O) groups is 2. The summed E-state index contributed by atoms with van der Waals surface area (Å²) in [4.78, 5) is 21.7. The van der Waals surface area contributed by atoms with Crippen molar-refractivity contribution in [1.29, 1.82) is 0 Å². The third-order valence-electron chi connectivity index (χ3n) is 1.59. The van der Waals surface area contributed by atoms with Gasteiger partial charge in [0.05, 0.1) is 17.9 Å². The molecule has 0 aliphatic carbocycles. The number of thioether (sulfide) groups is 1. The molecule has 4 N–H and O–H groups in total. The number of rotatable bonds is 7. The van der Waals surface area contributed by atoms with E-state index in [0.717, 1.165) is 0 Å². The molecule has 0 aromatic rings. The van der Waals surface area contributed by atoms with E-state index in [9.17, 15) is 9.59 Å². The van der Waals surface area contributed by atoms with Crippen LogP contribution in [0.25, 0.3) is 0 Å². The first-order valence-corrected chi connectivity index (χ1v) is 5.81. The van der Waals surface area contributed by atoms with Crippen molar-refractivity contribution in [2.24, 2.45) is 5.73 Å². The van der Waals surface area contributed by atoms with Gasteiger partial charge in [-0.3, -0.25) is 9.59 Å². The van der Waals surface area contributed by atoms with E-state index in [0.29, 0.717) is 12.2 Å². The second-order valence-corrected chi connectivity index (χ2v) is 4.96. The summed E-state index contributed by atoms with van der Waals surface area (Å²) in [7, 11) is 0. The molecule has 0 aromatic heterocycles. The summed E-state index contributed by atoms with van der Waals surface area (Å²) in [5, 5.41) is 11.6. The normalized spacial score (nSPS) is 11.1. The molecule has 15 heavy (non-hydrogen) atoms. The zero-order valence-electron chi connectivity index (χ0n) is 9.08. The lowest BCUT2D eigenvalue weighted by Crippen LogP contribution is -2.46. The number of nitrogens with two attached hydrogens (primary N) is 1. The van der Waals surface area contributed by atoms with Crippen LogP contribution in [0.5, 0.6) is 0 Å². The largest absolute Gasteiger partial charge is 0.394 e. The molecule has 0 heterocycles. The maximum Gasteiger partial charge on any atom is 0.227 e. The summed E-state index contributed by atoms with van der Waals surface area (Å²) < 4.78 is 0. The summed E-state index contributed by atoms with van der Waals surface area (Å²) in [6.07, 6.45) is 0.321. The Morgan fingerprint density at radius 2 is 2.07 bits per heavy atom. The lowest BCUT2D eigenvalue weighted by molar-refractivity contribution is -0.122. The predicted molar refractivity (Wildman–Crippen MR) is 60.4 cm³/mol. The van der Waals surface area contributed by atoms with E-state index in [1.807, 2.05) is 0 Å². The van der Waals surface area contributed by atoms with Crippen molar-refractivity contribution >= 4 is 23.6 Å². The molecule has 0 radical (unpaired) electrons. The highest BCUT2D eigenvalue weighted by molar-refractivity contribution is 7.99. The van der Waals surface area contributed by atoms with Crippen LogP contribution in [-0.4, -0.2) is 40.6 Å². The van der Waals surface area contributed by atoms with Gasteiger partial charge in [-0.25, -0.2) is 0 Å². The topological polar surface area (TPSA) is 92.4 Å². The summed E-state index contributed by atoms with van der Waals surface area (Å²) in [5.74, 6) is 0.273. The van der Waals surface area contributed by atoms with Gasteiger partial charge in [-0.15, -0.1) is 0 Å². The van der Waals surface area contributed by atoms with Crippen molar-refractivity contribution in [2.75, 3.05) is 18.1 Å². The third-order valence-corrected chi connectivity index (χ3v) is 2.57. The predicted octanol–water partition coefficient (Wildman–Crippen LogP) is -0.518. The third kappa shape index (κ3) is 8.26. The number of primary amides is 1. The van der Waals surface area contributed by atoms with Crippen molar-refractivity contribution in [2.45, 2.75) is 25.8 Å².